The van der Waals surface area contributed by atoms with Crippen molar-refractivity contribution in [2.24, 2.45) is 7.05 Å². The number of fused-ring (bicyclic) bond motifs is 1. The summed E-state index contributed by atoms with van der Waals surface area (Å²) in [6.45, 7) is 0.634. The Morgan fingerprint density at radius 2 is 2.15 bits per heavy atom. The Kier molecular flexibility index (Phi) is 4.12. The van der Waals surface area contributed by atoms with Gasteiger partial charge in [-0.3, -0.25) is 4.68 Å². The number of hydrogen-bond donors (Lipinski definition) is 1. The minimum Gasteiger partial charge on any atom is -0.371 e. The van der Waals surface area contributed by atoms with Gasteiger partial charge in [-0.25, -0.2) is 18.4 Å². The van der Waals surface area contributed by atoms with Crippen LogP contribution in [0.4, 0.5) is 5.82 Å². The molecule has 0 unspecified atom stereocenters. The maximum atomic E-state index is 11.9. The molecule has 0 radical (unpaired) electrons. The molecule has 1 saturated heterocycles. The van der Waals surface area contributed by atoms with Crippen LogP contribution in [0.25, 0.3) is 10.9 Å². The first kappa shape index (κ1) is 16.9. The number of rotatable bonds is 4. The van der Waals surface area contributed by atoms with Crippen molar-refractivity contribution in [2.75, 3.05) is 18.2 Å². The summed E-state index contributed by atoms with van der Waals surface area (Å²) in [5.74, 6) is 0.602. The van der Waals surface area contributed by atoms with Crippen molar-refractivity contribution in [1.29, 1.82) is 0 Å². The smallest absolute Gasteiger partial charge is 0.175 e. The average molecular weight is 373 g/mol. The van der Waals surface area contributed by atoms with E-state index in [1.54, 1.807) is 29.1 Å². The van der Waals surface area contributed by atoms with Crippen LogP contribution in [-0.2, 0) is 21.6 Å². The number of benzene rings is 1. The molecule has 136 valence electrons. The quantitative estimate of drug-likeness (QED) is 0.743. The topological polar surface area (TPSA) is 99.0 Å². The molecule has 1 aliphatic heterocycles. The second-order valence-corrected chi connectivity index (χ2v) is 8.47. The van der Waals surface area contributed by atoms with Gasteiger partial charge in [0.05, 0.1) is 22.7 Å². The van der Waals surface area contributed by atoms with Gasteiger partial charge in [-0.05, 0) is 24.6 Å². The van der Waals surface area contributed by atoms with E-state index in [2.05, 4.69) is 20.4 Å². The van der Waals surface area contributed by atoms with Gasteiger partial charge >= 0.3 is 0 Å². The Labute approximate surface area is 151 Å². The first-order chi connectivity index (χ1) is 12.4. The molecule has 0 aliphatic carbocycles. The van der Waals surface area contributed by atoms with Crippen LogP contribution < -0.4 is 5.32 Å². The molecule has 8 nitrogen and oxygen atoms in total. The van der Waals surface area contributed by atoms with E-state index >= 15 is 0 Å². The summed E-state index contributed by atoms with van der Waals surface area (Å²) in [6, 6.07) is 4.88. The Balaban J connectivity index is 1.70. The van der Waals surface area contributed by atoms with Crippen molar-refractivity contribution in [2.45, 2.75) is 23.5 Å². The fourth-order valence-electron chi connectivity index (χ4n) is 3.21. The molecule has 0 bridgehead atoms. The Hall–Kier alpha value is -2.52. The van der Waals surface area contributed by atoms with Crippen molar-refractivity contribution in [3.05, 3.63) is 42.5 Å². The SMILES string of the molecule is Cn1cc([C@H]2OCC[C@@H]2Nc2ncnc3ccc(S(C)(=O)=O)cc23)cn1. The number of hydrogen-bond acceptors (Lipinski definition) is 7. The van der Waals surface area contributed by atoms with Gasteiger partial charge in [0.15, 0.2) is 9.84 Å². The first-order valence-corrected chi connectivity index (χ1v) is 10.1. The zero-order valence-corrected chi connectivity index (χ0v) is 15.3. The highest BCUT2D eigenvalue weighted by Crippen LogP contribution is 2.32. The molecule has 2 aromatic heterocycles. The molecular formula is C17H19N5O3S. The molecular weight excluding hydrogens is 354 g/mol. The highest BCUT2D eigenvalue weighted by Gasteiger charge is 2.31. The van der Waals surface area contributed by atoms with Crippen molar-refractivity contribution in [1.82, 2.24) is 19.7 Å². The molecule has 9 heteroatoms. The van der Waals surface area contributed by atoms with Gasteiger partial charge in [0.25, 0.3) is 0 Å². The normalized spacial score (nSPS) is 20.5. The van der Waals surface area contributed by atoms with Crippen LogP contribution in [0.1, 0.15) is 18.1 Å². The van der Waals surface area contributed by atoms with E-state index in [0.717, 1.165) is 12.0 Å². The van der Waals surface area contributed by atoms with Crippen molar-refractivity contribution in [3.63, 3.8) is 0 Å². The molecule has 1 aliphatic rings. The van der Waals surface area contributed by atoms with Gasteiger partial charge in [0.2, 0.25) is 0 Å². The maximum Gasteiger partial charge on any atom is 0.175 e. The average Bonchev–Trinajstić information content (AvgIpc) is 3.22. The molecule has 1 aromatic carbocycles. The molecule has 4 rings (SSSR count). The van der Waals surface area contributed by atoms with E-state index < -0.39 is 9.84 Å². The first-order valence-electron chi connectivity index (χ1n) is 8.23. The van der Waals surface area contributed by atoms with E-state index in [0.29, 0.717) is 23.3 Å². The number of aromatic nitrogens is 4. The molecule has 0 saturated carbocycles. The van der Waals surface area contributed by atoms with E-state index in [9.17, 15) is 8.42 Å². The monoisotopic (exact) mass is 373 g/mol. The summed E-state index contributed by atoms with van der Waals surface area (Å²) in [6.07, 6.45) is 7.08. The predicted molar refractivity (Wildman–Crippen MR) is 96.6 cm³/mol. The van der Waals surface area contributed by atoms with Crippen LogP contribution in [0.3, 0.4) is 0 Å². The van der Waals surface area contributed by atoms with Crippen molar-refractivity contribution < 1.29 is 13.2 Å². The van der Waals surface area contributed by atoms with Crippen LogP contribution in [0.5, 0.6) is 0 Å². The molecule has 3 heterocycles. The Morgan fingerprint density at radius 1 is 1.31 bits per heavy atom. The standard InChI is InChI=1S/C17H19N5O3S/c1-22-9-11(8-20-22)16-15(5-6-25-16)21-17-13-7-12(26(2,23)24)3-4-14(13)18-10-19-17/h3-4,7-10,15-16H,5-6H2,1-2H3,(H,18,19,21)/t15-,16+/m0/s1. The second kappa shape index (κ2) is 6.33. The summed E-state index contributed by atoms with van der Waals surface area (Å²) < 4.78 is 31.4. The van der Waals surface area contributed by atoms with Crippen LogP contribution in [0.15, 0.2) is 41.8 Å². The third-order valence-electron chi connectivity index (χ3n) is 4.50. The van der Waals surface area contributed by atoms with E-state index in [4.69, 9.17) is 4.74 Å². The van der Waals surface area contributed by atoms with Gasteiger partial charge in [0, 0.05) is 37.1 Å². The van der Waals surface area contributed by atoms with Crippen LogP contribution in [-0.4, -0.2) is 47.1 Å². The molecule has 0 spiro atoms. The molecule has 1 fully saturated rings. The molecule has 26 heavy (non-hydrogen) atoms. The zero-order chi connectivity index (χ0) is 18.3. The van der Waals surface area contributed by atoms with Crippen LogP contribution in [0.2, 0.25) is 0 Å². The zero-order valence-electron chi connectivity index (χ0n) is 14.5. The predicted octanol–water partition coefficient (Wildman–Crippen LogP) is 1.71. The molecule has 1 N–H and O–H groups in total. The third-order valence-corrected chi connectivity index (χ3v) is 5.61. The molecule has 0 amide bonds. The summed E-state index contributed by atoms with van der Waals surface area (Å²) in [4.78, 5) is 8.81. The highest BCUT2D eigenvalue weighted by molar-refractivity contribution is 7.90. The summed E-state index contributed by atoms with van der Waals surface area (Å²) in [7, 11) is -1.44. The second-order valence-electron chi connectivity index (χ2n) is 6.45. The van der Waals surface area contributed by atoms with E-state index in [1.807, 2.05) is 13.2 Å². The van der Waals surface area contributed by atoms with Crippen molar-refractivity contribution in [3.8, 4) is 0 Å². The molecule has 3 aromatic rings. The summed E-state index contributed by atoms with van der Waals surface area (Å²) >= 11 is 0. The number of sulfone groups is 1. The minimum atomic E-state index is -3.31. The van der Waals surface area contributed by atoms with Crippen molar-refractivity contribution >= 4 is 26.6 Å². The summed E-state index contributed by atoms with van der Waals surface area (Å²) in [5, 5.41) is 8.29. The Morgan fingerprint density at radius 3 is 2.88 bits per heavy atom. The third kappa shape index (κ3) is 3.15. The minimum absolute atomic E-state index is 0.0131. The number of anilines is 1. The lowest BCUT2D eigenvalue weighted by Crippen LogP contribution is -2.23. The van der Waals surface area contributed by atoms with Gasteiger partial charge in [-0.15, -0.1) is 0 Å². The highest BCUT2D eigenvalue weighted by atomic mass is 32.2. The van der Waals surface area contributed by atoms with Gasteiger partial charge in [0.1, 0.15) is 18.2 Å². The van der Waals surface area contributed by atoms with Gasteiger partial charge in [-0.1, -0.05) is 0 Å². The number of nitrogens with zero attached hydrogens (tertiary/aromatic N) is 4. The maximum absolute atomic E-state index is 11.9. The van der Waals surface area contributed by atoms with Gasteiger partial charge < -0.3 is 10.1 Å². The lowest BCUT2D eigenvalue weighted by atomic mass is 10.1. The summed E-state index contributed by atoms with van der Waals surface area (Å²) in [5.41, 5.74) is 1.68. The molecule has 2 atom stereocenters. The fourth-order valence-corrected chi connectivity index (χ4v) is 3.86. The van der Waals surface area contributed by atoms with E-state index in [-0.39, 0.29) is 17.0 Å². The number of ether oxygens (including phenoxy) is 1. The lowest BCUT2D eigenvalue weighted by Gasteiger charge is -2.20. The fraction of sp³-hybridized carbons (Fsp3) is 0.353. The lowest BCUT2D eigenvalue weighted by molar-refractivity contribution is 0.107. The van der Waals surface area contributed by atoms with E-state index in [1.165, 1.54) is 12.6 Å². The van der Waals surface area contributed by atoms with Crippen LogP contribution >= 0.6 is 0 Å². The number of aryl methyl sites for hydroxylation is 1. The largest absolute Gasteiger partial charge is 0.371 e. The van der Waals surface area contributed by atoms with Crippen LogP contribution in [0, 0.1) is 0 Å². The number of nitrogens with one attached hydrogen (secondary N) is 1. The van der Waals surface area contributed by atoms with Gasteiger partial charge in [-0.2, -0.15) is 5.10 Å². The Bertz CT molecular complexity index is 1060.